The van der Waals surface area contributed by atoms with E-state index in [1.54, 1.807) is 31.3 Å². The number of aryl methyl sites for hydroxylation is 2. The Labute approximate surface area is 179 Å². The molecule has 0 spiro atoms. The number of halogens is 2. The third-order valence-electron chi connectivity index (χ3n) is 6.08. The first-order valence-corrected chi connectivity index (χ1v) is 10.6. The second kappa shape index (κ2) is 9.20. The highest BCUT2D eigenvalue weighted by Crippen LogP contribution is 2.15. The van der Waals surface area contributed by atoms with Crippen LogP contribution in [0, 0.1) is 25.5 Å². The molecule has 6 nitrogen and oxygen atoms in total. The van der Waals surface area contributed by atoms with E-state index in [0.717, 1.165) is 37.2 Å². The van der Waals surface area contributed by atoms with Crippen LogP contribution in [0.5, 0.6) is 0 Å². The van der Waals surface area contributed by atoms with Gasteiger partial charge in [-0.05, 0) is 63.5 Å². The Morgan fingerprint density at radius 1 is 1.10 bits per heavy atom. The minimum Gasteiger partial charge on any atom is -0.310 e. The van der Waals surface area contributed by atoms with E-state index in [9.17, 15) is 13.6 Å². The third-order valence-corrected chi connectivity index (χ3v) is 6.08. The maximum Gasteiger partial charge on any atom is 0.287 e. The number of fused-ring (bicyclic) bond motifs is 1. The Hall–Kier alpha value is -2.71. The summed E-state index contributed by atoms with van der Waals surface area (Å²) >= 11 is 0. The molecule has 1 aliphatic heterocycles. The molecule has 0 amide bonds. The molecule has 0 atom stereocenters. The van der Waals surface area contributed by atoms with Crippen LogP contribution >= 0.6 is 0 Å². The quantitative estimate of drug-likeness (QED) is 0.655. The van der Waals surface area contributed by atoms with Crippen molar-refractivity contribution in [2.45, 2.75) is 45.8 Å². The van der Waals surface area contributed by atoms with Gasteiger partial charge in [0.05, 0.1) is 16.7 Å². The Kier molecular flexibility index (Phi) is 6.38. The molecule has 0 bridgehead atoms. The van der Waals surface area contributed by atoms with E-state index in [-0.39, 0.29) is 5.82 Å². The number of pyridine rings is 3. The van der Waals surface area contributed by atoms with Crippen LogP contribution in [0.15, 0.2) is 35.3 Å². The van der Waals surface area contributed by atoms with Gasteiger partial charge in [-0.25, -0.2) is 8.78 Å². The normalized spacial score (nSPS) is 15.6. The van der Waals surface area contributed by atoms with Crippen LogP contribution in [0.3, 0.4) is 0 Å². The molecule has 1 fully saturated rings. The van der Waals surface area contributed by atoms with Gasteiger partial charge in [0, 0.05) is 43.6 Å². The van der Waals surface area contributed by atoms with Gasteiger partial charge in [-0.1, -0.05) is 0 Å². The SMILES string of the molecule is Cc1nc(C)c(CNC2CCN(CCn3c(=O)c(F)cc4ncccc43)CC2)cc1F. The standard InChI is InChI=1S/C23H27F2N5O/c1-15-17(12-19(24)16(2)28-15)14-27-18-5-8-29(9-6-18)10-11-30-22-4-3-7-26-21(22)13-20(25)23(30)31/h3-4,7,12-13,18,27H,5-6,8-11,14H2,1-2H3. The molecule has 1 saturated heterocycles. The van der Waals surface area contributed by atoms with E-state index in [1.165, 1.54) is 10.6 Å². The minimum absolute atomic E-state index is 0.271. The van der Waals surface area contributed by atoms with Crippen molar-refractivity contribution in [3.8, 4) is 0 Å². The highest BCUT2D eigenvalue weighted by atomic mass is 19.1. The molecule has 4 heterocycles. The molecule has 164 valence electrons. The van der Waals surface area contributed by atoms with Gasteiger partial charge in [-0.3, -0.25) is 14.8 Å². The number of likely N-dealkylation sites (tertiary alicyclic amines) is 1. The number of nitrogens with one attached hydrogen (secondary N) is 1. The van der Waals surface area contributed by atoms with Crippen molar-refractivity contribution in [3.63, 3.8) is 0 Å². The Balaban J connectivity index is 1.31. The van der Waals surface area contributed by atoms with Crippen LogP contribution in [-0.2, 0) is 13.1 Å². The monoisotopic (exact) mass is 427 g/mol. The third kappa shape index (κ3) is 4.80. The van der Waals surface area contributed by atoms with Crippen molar-refractivity contribution in [2.24, 2.45) is 0 Å². The Morgan fingerprint density at radius 2 is 1.87 bits per heavy atom. The van der Waals surface area contributed by atoms with Gasteiger partial charge in [0.15, 0.2) is 5.82 Å². The Bertz CT molecular complexity index is 1140. The van der Waals surface area contributed by atoms with E-state index in [4.69, 9.17) is 0 Å². The lowest BCUT2D eigenvalue weighted by Crippen LogP contribution is -2.43. The summed E-state index contributed by atoms with van der Waals surface area (Å²) in [7, 11) is 0. The molecule has 31 heavy (non-hydrogen) atoms. The second-order valence-electron chi connectivity index (χ2n) is 8.15. The van der Waals surface area contributed by atoms with Crippen LogP contribution in [0.25, 0.3) is 11.0 Å². The zero-order chi connectivity index (χ0) is 22.0. The van der Waals surface area contributed by atoms with Crippen molar-refractivity contribution in [3.05, 3.63) is 69.4 Å². The first-order chi connectivity index (χ1) is 14.9. The average Bonchev–Trinajstić information content (AvgIpc) is 2.76. The van der Waals surface area contributed by atoms with E-state index in [0.29, 0.717) is 42.4 Å². The molecule has 0 radical (unpaired) electrons. The molecule has 4 rings (SSSR count). The van der Waals surface area contributed by atoms with Crippen LogP contribution < -0.4 is 10.9 Å². The van der Waals surface area contributed by atoms with Crippen LogP contribution in [0.1, 0.15) is 29.8 Å². The van der Waals surface area contributed by atoms with Crippen LogP contribution in [0.2, 0.25) is 0 Å². The molecule has 3 aromatic rings. The highest BCUT2D eigenvalue weighted by Gasteiger charge is 2.20. The largest absolute Gasteiger partial charge is 0.310 e. The number of hydrogen-bond acceptors (Lipinski definition) is 5. The van der Waals surface area contributed by atoms with E-state index >= 15 is 0 Å². The lowest BCUT2D eigenvalue weighted by Gasteiger charge is -2.32. The van der Waals surface area contributed by atoms with E-state index in [2.05, 4.69) is 20.2 Å². The Morgan fingerprint density at radius 3 is 2.65 bits per heavy atom. The van der Waals surface area contributed by atoms with Crippen molar-refractivity contribution in [1.29, 1.82) is 0 Å². The maximum atomic E-state index is 14.0. The second-order valence-corrected chi connectivity index (χ2v) is 8.15. The molecular formula is C23H27F2N5O. The minimum atomic E-state index is -0.772. The topological polar surface area (TPSA) is 63.1 Å². The van der Waals surface area contributed by atoms with Crippen molar-refractivity contribution in [2.75, 3.05) is 19.6 Å². The average molecular weight is 427 g/mol. The molecule has 3 aromatic heterocycles. The first-order valence-electron chi connectivity index (χ1n) is 10.6. The van der Waals surface area contributed by atoms with Gasteiger partial charge in [-0.15, -0.1) is 0 Å². The van der Waals surface area contributed by atoms with Crippen LogP contribution in [0.4, 0.5) is 8.78 Å². The summed E-state index contributed by atoms with van der Waals surface area (Å²) in [6.07, 6.45) is 3.51. The molecule has 1 aliphatic rings. The zero-order valence-corrected chi connectivity index (χ0v) is 17.9. The summed E-state index contributed by atoms with van der Waals surface area (Å²) in [5.74, 6) is -1.04. The van der Waals surface area contributed by atoms with Gasteiger partial charge < -0.3 is 14.8 Å². The van der Waals surface area contributed by atoms with Gasteiger partial charge in [0.2, 0.25) is 0 Å². The van der Waals surface area contributed by atoms with E-state index < -0.39 is 11.4 Å². The number of nitrogens with zero attached hydrogens (tertiary/aromatic N) is 4. The summed E-state index contributed by atoms with van der Waals surface area (Å²) < 4.78 is 29.3. The number of aromatic nitrogens is 3. The number of piperidine rings is 1. The number of rotatable bonds is 6. The number of hydrogen-bond donors (Lipinski definition) is 1. The van der Waals surface area contributed by atoms with Crippen molar-refractivity contribution < 1.29 is 8.78 Å². The molecule has 0 aliphatic carbocycles. The first kappa shape index (κ1) is 21.5. The summed E-state index contributed by atoms with van der Waals surface area (Å²) in [5, 5.41) is 3.51. The lowest BCUT2D eigenvalue weighted by molar-refractivity contribution is 0.191. The fourth-order valence-corrected chi connectivity index (χ4v) is 4.16. The predicted octanol–water partition coefficient (Wildman–Crippen LogP) is 2.94. The zero-order valence-electron chi connectivity index (χ0n) is 17.9. The molecule has 0 aromatic carbocycles. The molecule has 1 N–H and O–H groups in total. The van der Waals surface area contributed by atoms with Crippen LogP contribution in [-0.4, -0.2) is 45.1 Å². The highest BCUT2D eigenvalue weighted by molar-refractivity contribution is 5.74. The predicted molar refractivity (Wildman–Crippen MR) is 116 cm³/mol. The van der Waals surface area contributed by atoms with Crippen molar-refractivity contribution >= 4 is 11.0 Å². The molecule has 0 unspecified atom stereocenters. The van der Waals surface area contributed by atoms with E-state index in [1.807, 2.05) is 6.92 Å². The van der Waals surface area contributed by atoms with Gasteiger partial charge in [-0.2, -0.15) is 0 Å². The smallest absolute Gasteiger partial charge is 0.287 e. The molecule has 0 saturated carbocycles. The molecular weight excluding hydrogens is 400 g/mol. The van der Waals surface area contributed by atoms with Gasteiger partial charge in [0.1, 0.15) is 5.82 Å². The fourth-order valence-electron chi connectivity index (χ4n) is 4.16. The molecule has 8 heteroatoms. The maximum absolute atomic E-state index is 14.0. The fraction of sp³-hybridized carbons (Fsp3) is 0.435. The van der Waals surface area contributed by atoms with Gasteiger partial charge in [0.25, 0.3) is 5.56 Å². The summed E-state index contributed by atoms with van der Waals surface area (Å²) in [6.45, 7) is 7.04. The van der Waals surface area contributed by atoms with Crippen molar-refractivity contribution in [1.82, 2.24) is 24.8 Å². The summed E-state index contributed by atoms with van der Waals surface area (Å²) in [5.41, 5.74) is 2.70. The summed E-state index contributed by atoms with van der Waals surface area (Å²) in [4.78, 5) is 23.0. The summed E-state index contributed by atoms with van der Waals surface area (Å²) in [6, 6.07) is 6.66. The lowest BCUT2D eigenvalue weighted by atomic mass is 10.0. The van der Waals surface area contributed by atoms with Gasteiger partial charge >= 0.3 is 0 Å².